The maximum atomic E-state index is 9.42. The van der Waals surface area contributed by atoms with Crippen molar-refractivity contribution in [1.82, 2.24) is 4.90 Å². The number of nitrogens with zero attached hydrogens (tertiary/aromatic N) is 1. The highest BCUT2D eigenvalue weighted by Crippen LogP contribution is 2.35. The van der Waals surface area contributed by atoms with E-state index in [9.17, 15) is 5.11 Å². The topological polar surface area (TPSA) is 32.7 Å². The summed E-state index contributed by atoms with van der Waals surface area (Å²) in [6.45, 7) is 3.81. The Morgan fingerprint density at radius 1 is 0.800 bits per heavy atom. The number of likely N-dealkylation sites (N-methyl/N-ethyl adjacent to an activating group) is 1. The number of aliphatic hydroxyl groups is 1. The highest BCUT2D eigenvalue weighted by atomic mass is 16.5. The molecule has 0 amide bonds. The third-order valence-electron chi connectivity index (χ3n) is 5.15. The molecule has 0 aliphatic carbocycles. The van der Waals surface area contributed by atoms with Crippen LogP contribution in [0, 0.1) is 0 Å². The zero-order valence-electron chi connectivity index (χ0n) is 18.1. The second kappa shape index (κ2) is 10.8. The second-order valence-electron chi connectivity index (χ2n) is 7.60. The predicted octanol–water partition coefficient (Wildman–Crippen LogP) is 5.49. The highest BCUT2D eigenvalue weighted by Gasteiger charge is 2.13. The van der Waals surface area contributed by atoms with Gasteiger partial charge in [0.15, 0.2) is 0 Å². The molecule has 0 radical (unpaired) electrons. The SMILES string of the molecule is CC/C(=C(\c1ccc(CO)cc1)c1ccc(OCCN(C)C)cc1)c1ccccc1. The van der Waals surface area contributed by atoms with Crippen molar-refractivity contribution >= 4 is 11.1 Å². The summed E-state index contributed by atoms with van der Waals surface area (Å²) >= 11 is 0. The van der Waals surface area contributed by atoms with Gasteiger partial charge in [-0.15, -0.1) is 0 Å². The molecule has 0 unspecified atom stereocenters. The third kappa shape index (κ3) is 5.59. The van der Waals surface area contributed by atoms with E-state index in [1.165, 1.54) is 16.7 Å². The van der Waals surface area contributed by atoms with E-state index < -0.39 is 0 Å². The molecule has 0 atom stereocenters. The van der Waals surface area contributed by atoms with Gasteiger partial charge in [0.25, 0.3) is 0 Å². The second-order valence-corrected chi connectivity index (χ2v) is 7.60. The van der Waals surface area contributed by atoms with E-state index in [1.54, 1.807) is 0 Å². The summed E-state index contributed by atoms with van der Waals surface area (Å²) < 4.78 is 5.87. The molecule has 3 heteroatoms. The van der Waals surface area contributed by atoms with Crippen LogP contribution >= 0.6 is 0 Å². The van der Waals surface area contributed by atoms with Gasteiger partial charge < -0.3 is 14.7 Å². The largest absolute Gasteiger partial charge is 0.492 e. The molecular formula is C27H31NO2. The molecule has 3 nitrogen and oxygen atoms in total. The number of hydrogen-bond donors (Lipinski definition) is 1. The van der Waals surface area contributed by atoms with Crippen molar-refractivity contribution in [2.24, 2.45) is 0 Å². The first-order chi connectivity index (χ1) is 14.6. The average molecular weight is 402 g/mol. The molecule has 0 heterocycles. The number of rotatable bonds is 9. The fourth-order valence-corrected chi connectivity index (χ4v) is 3.52. The number of benzene rings is 3. The Morgan fingerprint density at radius 2 is 1.40 bits per heavy atom. The lowest BCUT2D eigenvalue weighted by atomic mass is 9.88. The predicted molar refractivity (Wildman–Crippen MR) is 126 cm³/mol. The van der Waals surface area contributed by atoms with Crippen molar-refractivity contribution < 1.29 is 9.84 Å². The van der Waals surface area contributed by atoms with Gasteiger partial charge in [-0.25, -0.2) is 0 Å². The molecule has 3 aromatic rings. The van der Waals surface area contributed by atoms with Gasteiger partial charge in [-0.05, 0) is 66.0 Å². The van der Waals surface area contributed by atoms with Gasteiger partial charge in [-0.2, -0.15) is 0 Å². The summed E-state index contributed by atoms with van der Waals surface area (Å²) in [4.78, 5) is 2.11. The normalized spacial score (nSPS) is 12.0. The van der Waals surface area contributed by atoms with Crippen molar-refractivity contribution in [2.75, 3.05) is 27.2 Å². The fraction of sp³-hybridized carbons (Fsp3) is 0.259. The van der Waals surface area contributed by atoms with Crippen LogP contribution in [-0.2, 0) is 6.61 Å². The number of hydrogen-bond acceptors (Lipinski definition) is 3. The Balaban J connectivity index is 2.02. The highest BCUT2D eigenvalue weighted by molar-refractivity contribution is 5.98. The van der Waals surface area contributed by atoms with Crippen molar-refractivity contribution in [3.05, 3.63) is 101 Å². The minimum Gasteiger partial charge on any atom is -0.492 e. The van der Waals surface area contributed by atoms with E-state index >= 15 is 0 Å². The van der Waals surface area contributed by atoms with Gasteiger partial charge in [0.05, 0.1) is 6.61 Å². The van der Waals surface area contributed by atoms with Crippen LogP contribution in [0.25, 0.3) is 11.1 Å². The minimum atomic E-state index is 0.0532. The van der Waals surface area contributed by atoms with Crippen molar-refractivity contribution in [3.63, 3.8) is 0 Å². The zero-order valence-corrected chi connectivity index (χ0v) is 18.1. The Labute approximate surface area is 180 Å². The molecule has 0 bridgehead atoms. The van der Waals surface area contributed by atoms with Crippen LogP contribution in [0.2, 0.25) is 0 Å². The van der Waals surface area contributed by atoms with Gasteiger partial charge in [0.2, 0.25) is 0 Å². The van der Waals surface area contributed by atoms with Crippen LogP contribution in [0.1, 0.15) is 35.6 Å². The molecule has 3 rings (SSSR count). The van der Waals surface area contributed by atoms with Gasteiger partial charge in [-0.3, -0.25) is 0 Å². The standard InChI is InChI=1S/C27H31NO2/c1-4-26(22-8-6-5-7-9-22)27(23-12-10-21(20-29)11-13-23)24-14-16-25(17-15-24)30-19-18-28(2)3/h5-17,29H,4,18-20H2,1-3H3/b27-26-. The van der Waals surface area contributed by atoms with Crippen LogP contribution in [0.5, 0.6) is 5.75 Å². The zero-order chi connectivity index (χ0) is 21.3. The summed E-state index contributed by atoms with van der Waals surface area (Å²) in [5.41, 5.74) is 6.97. The average Bonchev–Trinajstić information content (AvgIpc) is 2.78. The summed E-state index contributed by atoms with van der Waals surface area (Å²) in [7, 11) is 4.09. The molecule has 3 aromatic carbocycles. The minimum absolute atomic E-state index is 0.0532. The summed E-state index contributed by atoms with van der Waals surface area (Å²) in [5, 5.41) is 9.42. The molecule has 1 N–H and O–H groups in total. The van der Waals surface area contributed by atoms with E-state index in [0.29, 0.717) is 6.61 Å². The molecule has 0 fully saturated rings. The summed E-state index contributed by atoms with van der Waals surface area (Å²) in [6, 6.07) is 27.1. The Morgan fingerprint density at radius 3 is 1.93 bits per heavy atom. The lowest BCUT2D eigenvalue weighted by molar-refractivity contribution is 0.261. The first-order valence-electron chi connectivity index (χ1n) is 10.5. The lowest BCUT2D eigenvalue weighted by Crippen LogP contribution is -2.19. The lowest BCUT2D eigenvalue weighted by Gasteiger charge is -2.17. The van der Waals surface area contributed by atoms with Crippen LogP contribution in [-0.4, -0.2) is 37.3 Å². The molecule has 156 valence electrons. The Hall–Kier alpha value is -2.88. The van der Waals surface area contributed by atoms with Gasteiger partial charge in [0.1, 0.15) is 12.4 Å². The van der Waals surface area contributed by atoms with E-state index in [1.807, 2.05) is 44.4 Å². The third-order valence-corrected chi connectivity index (χ3v) is 5.15. The number of aliphatic hydroxyl groups excluding tert-OH is 1. The summed E-state index contributed by atoms with van der Waals surface area (Å²) in [5.74, 6) is 0.883. The molecule has 0 aromatic heterocycles. The van der Waals surface area contributed by atoms with E-state index in [-0.39, 0.29) is 6.61 Å². The Kier molecular flexibility index (Phi) is 7.83. The first kappa shape index (κ1) is 21.8. The molecule has 0 aliphatic heterocycles. The van der Waals surface area contributed by atoms with E-state index in [0.717, 1.165) is 35.4 Å². The molecular weight excluding hydrogens is 370 g/mol. The smallest absolute Gasteiger partial charge is 0.119 e. The quantitative estimate of drug-likeness (QED) is 0.481. The van der Waals surface area contributed by atoms with Crippen LogP contribution in [0.15, 0.2) is 78.9 Å². The first-order valence-corrected chi connectivity index (χ1v) is 10.5. The molecule has 0 saturated heterocycles. The number of allylic oxidation sites excluding steroid dienone is 1. The van der Waals surface area contributed by atoms with Crippen LogP contribution in [0.3, 0.4) is 0 Å². The van der Waals surface area contributed by atoms with Crippen LogP contribution < -0.4 is 4.74 Å². The summed E-state index contributed by atoms with van der Waals surface area (Å²) in [6.07, 6.45) is 0.919. The fourth-order valence-electron chi connectivity index (χ4n) is 3.52. The van der Waals surface area contributed by atoms with E-state index in [2.05, 4.69) is 60.4 Å². The van der Waals surface area contributed by atoms with Gasteiger partial charge in [0, 0.05) is 6.54 Å². The molecule has 30 heavy (non-hydrogen) atoms. The van der Waals surface area contributed by atoms with E-state index in [4.69, 9.17) is 4.74 Å². The van der Waals surface area contributed by atoms with Gasteiger partial charge >= 0.3 is 0 Å². The van der Waals surface area contributed by atoms with Crippen molar-refractivity contribution in [1.29, 1.82) is 0 Å². The van der Waals surface area contributed by atoms with Crippen LogP contribution in [0.4, 0.5) is 0 Å². The monoisotopic (exact) mass is 401 g/mol. The molecule has 0 saturated carbocycles. The molecule has 0 spiro atoms. The van der Waals surface area contributed by atoms with Crippen molar-refractivity contribution in [2.45, 2.75) is 20.0 Å². The number of ether oxygens (including phenoxy) is 1. The Bertz CT molecular complexity index is 942. The van der Waals surface area contributed by atoms with Crippen molar-refractivity contribution in [3.8, 4) is 5.75 Å². The maximum Gasteiger partial charge on any atom is 0.119 e. The van der Waals surface area contributed by atoms with Gasteiger partial charge in [-0.1, -0.05) is 73.7 Å². The maximum absolute atomic E-state index is 9.42. The molecule has 0 aliphatic rings.